The second-order valence-corrected chi connectivity index (χ2v) is 5.77. The van der Waals surface area contributed by atoms with E-state index in [2.05, 4.69) is 5.32 Å². The monoisotopic (exact) mass is 348 g/mol. The summed E-state index contributed by atoms with van der Waals surface area (Å²) in [5.74, 6) is 0.602. The van der Waals surface area contributed by atoms with E-state index in [-0.39, 0.29) is 24.4 Å². The zero-order valence-corrected chi connectivity index (χ0v) is 15.1. The average Bonchev–Trinajstić information content (AvgIpc) is 2.55. The molecule has 4 nitrogen and oxygen atoms in total. The lowest BCUT2D eigenvalue weighted by Gasteiger charge is -2.20. The molecule has 0 spiro atoms. The van der Waals surface area contributed by atoms with E-state index in [4.69, 9.17) is 10.5 Å². The summed E-state index contributed by atoms with van der Waals surface area (Å²) in [5.41, 5.74) is 9.16. The van der Waals surface area contributed by atoms with Crippen molar-refractivity contribution < 1.29 is 9.53 Å². The van der Waals surface area contributed by atoms with Gasteiger partial charge in [-0.1, -0.05) is 48.0 Å². The van der Waals surface area contributed by atoms with Crippen LogP contribution in [0.15, 0.2) is 48.5 Å². The molecule has 0 saturated heterocycles. The zero-order valence-electron chi connectivity index (χ0n) is 14.3. The summed E-state index contributed by atoms with van der Waals surface area (Å²) in [6.07, 6.45) is 0.518. The SMILES string of the molecule is COc1ccc(C)cc1C(C)NC(=O)C(N)Cc1ccccc1.Cl. The molecule has 0 radical (unpaired) electrons. The molecule has 0 bridgehead atoms. The van der Waals surface area contributed by atoms with Crippen molar-refractivity contribution in [3.8, 4) is 5.75 Å². The molecule has 5 heteroatoms. The molecular formula is C19H25ClN2O2. The Kier molecular flexibility index (Phi) is 7.75. The van der Waals surface area contributed by atoms with E-state index in [0.29, 0.717) is 6.42 Å². The van der Waals surface area contributed by atoms with Crippen LogP contribution in [0.1, 0.15) is 29.7 Å². The molecule has 3 N–H and O–H groups in total. The number of halogens is 1. The van der Waals surface area contributed by atoms with Gasteiger partial charge in [-0.25, -0.2) is 0 Å². The number of carbonyl (C=O) groups is 1. The predicted octanol–water partition coefficient (Wildman–Crippen LogP) is 3.17. The normalized spacial score (nSPS) is 12.7. The fourth-order valence-corrected chi connectivity index (χ4v) is 2.55. The van der Waals surface area contributed by atoms with Crippen LogP contribution in [0.25, 0.3) is 0 Å². The number of benzene rings is 2. The minimum Gasteiger partial charge on any atom is -0.496 e. The highest BCUT2D eigenvalue weighted by atomic mass is 35.5. The second-order valence-electron chi connectivity index (χ2n) is 5.77. The summed E-state index contributed by atoms with van der Waals surface area (Å²) in [6.45, 7) is 3.95. The van der Waals surface area contributed by atoms with Crippen molar-refractivity contribution >= 4 is 18.3 Å². The summed E-state index contributed by atoms with van der Waals surface area (Å²) in [4.78, 5) is 12.3. The number of nitrogens with one attached hydrogen (secondary N) is 1. The first-order chi connectivity index (χ1) is 11.0. The van der Waals surface area contributed by atoms with Crippen LogP contribution in [0.5, 0.6) is 5.75 Å². The predicted molar refractivity (Wildman–Crippen MR) is 99.7 cm³/mol. The minimum absolute atomic E-state index is 0. The second kappa shape index (κ2) is 9.30. The number of methoxy groups -OCH3 is 1. The van der Waals surface area contributed by atoms with E-state index in [0.717, 1.165) is 22.4 Å². The van der Waals surface area contributed by atoms with Crippen molar-refractivity contribution in [3.63, 3.8) is 0 Å². The van der Waals surface area contributed by atoms with Crippen LogP contribution in [0.4, 0.5) is 0 Å². The molecule has 2 aromatic rings. The van der Waals surface area contributed by atoms with Crippen LogP contribution in [-0.2, 0) is 11.2 Å². The first-order valence-corrected chi connectivity index (χ1v) is 7.75. The maximum absolute atomic E-state index is 12.3. The lowest BCUT2D eigenvalue weighted by molar-refractivity contribution is -0.123. The maximum atomic E-state index is 12.3. The van der Waals surface area contributed by atoms with Crippen LogP contribution in [0.3, 0.4) is 0 Å². The Hall–Kier alpha value is -2.04. The van der Waals surface area contributed by atoms with Crippen molar-refractivity contribution in [2.24, 2.45) is 5.73 Å². The molecule has 0 heterocycles. The van der Waals surface area contributed by atoms with Gasteiger partial charge in [0.2, 0.25) is 5.91 Å². The standard InChI is InChI=1S/C19H24N2O2.ClH/c1-13-9-10-18(23-3)16(11-13)14(2)21-19(22)17(20)12-15-7-5-4-6-8-15;/h4-11,14,17H,12,20H2,1-3H3,(H,21,22);1H. The van der Waals surface area contributed by atoms with Gasteiger partial charge in [0.15, 0.2) is 0 Å². The summed E-state index contributed by atoms with van der Waals surface area (Å²) < 4.78 is 5.38. The lowest BCUT2D eigenvalue weighted by atomic mass is 10.0. The highest BCUT2D eigenvalue weighted by Gasteiger charge is 2.19. The van der Waals surface area contributed by atoms with Gasteiger partial charge in [-0.2, -0.15) is 0 Å². The summed E-state index contributed by atoms with van der Waals surface area (Å²) in [7, 11) is 1.63. The molecule has 2 aromatic carbocycles. The Labute approximate surface area is 149 Å². The molecule has 0 aromatic heterocycles. The maximum Gasteiger partial charge on any atom is 0.237 e. The Bertz CT molecular complexity index is 662. The van der Waals surface area contributed by atoms with Crippen LogP contribution < -0.4 is 15.8 Å². The number of hydrogen-bond acceptors (Lipinski definition) is 3. The smallest absolute Gasteiger partial charge is 0.237 e. The number of hydrogen-bond donors (Lipinski definition) is 2. The van der Waals surface area contributed by atoms with Crippen molar-refractivity contribution in [3.05, 3.63) is 65.2 Å². The van der Waals surface area contributed by atoms with Gasteiger partial charge in [-0.15, -0.1) is 12.4 Å². The van der Waals surface area contributed by atoms with E-state index in [1.54, 1.807) is 7.11 Å². The Morgan fingerprint density at radius 2 is 1.88 bits per heavy atom. The highest BCUT2D eigenvalue weighted by molar-refractivity contribution is 5.85. The van der Waals surface area contributed by atoms with Crippen molar-refractivity contribution in [1.29, 1.82) is 0 Å². The third kappa shape index (κ3) is 5.25. The Morgan fingerprint density at radius 3 is 2.50 bits per heavy atom. The van der Waals surface area contributed by atoms with Crippen molar-refractivity contribution in [2.45, 2.75) is 32.4 Å². The van der Waals surface area contributed by atoms with Crippen LogP contribution in [0, 0.1) is 6.92 Å². The van der Waals surface area contributed by atoms with Gasteiger partial charge in [0, 0.05) is 5.56 Å². The number of amides is 1. The fraction of sp³-hybridized carbons (Fsp3) is 0.316. The molecule has 24 heavy (non-hydrogen) atoms. The van der Waals surface area contributed by atoms with E-state index < -0.39 is 6.04 Å². The van der Waals surface area contributed by atoms with Crippen LogP contribution in [0.2, 0.25) is 0 Å². The first-order valence-electron chi connectivity index (χ1n) is 7.75. The minimum atomic E-state index is -0.573. The highest BCUT2D eigenvalue weighted by Crippen LogP contribution is 2.26. The molecule has 130 valence electrons. The van der Waals surface area contributed by atoms with E-state index >= 15 is 0 Å². The summed E-state index contributed by atoms with van der Waals surface area (Å²) >= 11 is 0. The van der Waals surface area contributed by atoms with Gasteiger partial charge in [0.25, 0.3) is 0 Å². The number of carbonyl (C=O) groups excluding carboxylic acids is 1. The molecule has 0 fully saturated rings. The Morgan fingerprint density at radius 1 is 1.21 bits per heavy atom. The number of aryl methyl sites for hydroxylation is 1. The van der Waals surface area contributed by atoms with Gasteiger partial charge in [0.1, 0.15) is 5.75 Å². The Balaban J connectivity index is 0.00000288. The third-order valence-corrected chi connectivity index (χ3v) is 3.85. The number of ether oxygens (including phenoxy) is 1. The number of rotatable bonds is 6. The van der Waals surface area contributed by atoms with Crippen LogP contribution in [-0.4, -0.2) is 19.1 Å². The molecule has 0 aliphatic heterocycles. The molecule has 2 rings (SSSR count). The van der Waals surface area contributed by atoms with Crippen molar-refractivity contribution in [2.75, 3.05) is 7.11 Å². The first kappa shape index (κ1) is 20.0. The van der Waals surface area contributed by atoms with Gasteiger partial charge >= 0.3 is 0 Å². The van der Waals surface area contributed by atoms with Gasteiger partial charge in [-0.3, -0.25) is 4.79 Å². The van der Waals surface area contributed by atoms with E-state index in [1.165, 1.54) is 0 Å². The van der Waals surface area contributed by atoms with Gasteiger partial charge in [0.05, 0.1) is 19.2 Å². The van der Waals surface area contributed by atoms with E-state index in [9.17, 15) is 4.79 Å². The van der Waals surface area contributed by atoms with Gasteiger partial charge in [-0.05, 0) is 31.9 Å². The summed E-state index contributed by atoms with van der Waals surface area (Å²) in [5, 5.41) is 2.97. The molecular weight excluding hydrogens is 324 g/mol. The lowest BCUT2D eigenvalue weighted by Crippen LogP contribution is -2.43. The molecule has 0 aliphatic rings. The van der Waals surface area contributed by atoms with Gasteiger partial charge < -0.3 is 15.8 Å². The molecule has 2 atom stereocenters. The quantitative estimate of drug-likeness (QED) is 0.842. The largest absolute Gasteiger partial charge is 0.496 e. The number of nitrogens with two attached hydrogens (primary N) is 1. The zero-order chi connectivity index (χ0) is 16.8. The summed E-state index contributed by atoms with van der Waals surface area (Å²) in [6, 6.07) is 15.0. The van der Waals surface area contributed by atoms with Crippen molar-refractivity contribution in [1.82, 2.24) is 5.32 Å². The topological polar surface area (TPSA) is 64.3 Å². The van der Waals surface area contributed by atoms with E-state index in [1.807, 2.05) is 62.4 Å². The molecule has 1 amide bonds. The molecule has 0 saturated carbocycles. The third-order valence-electron chi connectivity index (χ3n) is 3.85. The average molecular weight is 349 g/mol. The van der Waals surface area contributed by atoms with Crippen LogP contribution >= 0.6 is 12.4 Å². The molecule has 2 unspecified atom stereocenters. The fourth-order valence-electron chi connectivity index (χ4n) is 2.55. The molecule has 0 aliphatic carbocycles.